The zero-order chi connectivity index (χ0) is 24.8. The van der Waals surface area contributed by atoms with Crippen LogP contribution in [-0.4, -0.2) is 26.9 Å². The number of thiophene rings is 1. The first-order chi connectivity index (χ1) is 16.8. The lowest BCUT2D eigenvalue weighted by molar-refractivity contribution is 0.0980. The number of pyridine rings is 1. The van der Waals surface area contributed by atoms with Gasteiger partial charge in [0.1, 0.15) is 0 Å². The van der Waals surface area contributed by atoms with Crippen LogP contribution in [0.3, 0.4) is 0 Å². The third kappa shape index (κ3) is 6.03. The van der Waals surface area contributed by atoms with Crippen molar-refractivity contribution in [1.82, 2.24) is 9.71 Å². The molecule has 35 heavy (non-hydrogen) atoms. The first-order valence-corrected chi connectivity index (χ1v) is 13.1. The zero-order valence-electron chi connectivity index (χ0n) is 18.8. The third-order valence-electron chi connectivity index (χ3n) is 4.92. The summed E-state index contributed by atoms with van der Waals surface area (Å²) in [5, 5.41) is 4.77. The second kappa shape index (κ2) is 10.4. The van der Waals surface area contributed by atoms with Crippen LogP contribution in [0.25, 0.3) is 0 Å². The summed E-state index contributed by atoms with van der Waals surface area (Å²) in [6.45, 7) is 1.90. The van der Waals surface area contributed by atoms with Gasteiger partial charge in [-0.15, -0.1) is 11.3 Å². The van der Waals surface area contributed by atoms with Crippen molar-refractivity contribution < 1.29 is 13.8 Å². The molecule has 4 aromatic rings. The number of carbonyl (C=O) groups excluding carboxylic acids is 2. The van der Waals surface area contributed by atoms with E-state index in [0.717, 1.165) is 5.56 Å². The minimum atomic E-state index is -3.01. The second-order valence-corrected chi connectivity index (χ2v) is 10.5. The van der Waals surface area contributed by atoms with Crippen molar-refractivity contribution in [3.8, 4) is 11.8 Å². The summed E-state index contributed by atoms with van der Waals surface area (Å²) >= 11 is 1.39. The van der Waals surface area contributed by atoms with E-state index in [4.69, 9.17) is 0 Å². The van der Waals surface area contributed by atoms with Crippen LogP contribution in [0.1, 0.15) is 36.7 Å². The Balaban J connectivity index is 1.48. The highest BCUT2D eigenvalue weighted by atomic mass is 32.2. The van der Waals surface area contributed by atoms with Gasteiger partial charge < -0.3 is 5.32 Å². The lowest BCUT2D eigenvalue weighted by Gasteiger charge is -2.11. The van der Waals surface area contributed by atoms with Crippen molar-refractivity contribution in [2.75, 3.05) is 5.32 Å². The molecule has 1 unspecified atom stereocenters. The van der Waals surface area contributed by atoms with E-state index in [9.17, 15) is 13.8 Å². The quantitative estimate of drug-likeness (QED) is 0.312. The second-order valence-electron chi connectivity index (χ2n) is 7.60. The summed E-state index contributed by atoms with van der Waals surface area (Å²) in [7, 11) is -3.01. The number of nitrogens with one attached hydrogen (secondary N) is 2. The minimum absolute atomic E-state index is 0.164. The van der Waals surface area contributed by atoms with Gasteiger partial charge in [0.25, 0.3) is 11.8 Å². The average Bonchev–Trinajstić information content (AvgIpc) is 3.29. The Morgan fingerprint density at radius 2 is 1.71 bits per heavy atom. The van der Waals surface area contributed by atoms with E-state index in [1.54, 1.807) is 54.6 Å². The molecule has 2 heterocycles. The van der Waals surface area contributed by atoms with Crippen molar-refractivity contribution in [2.45, 2.75) is 11.8 Å². The Bertz CT molecular complexity index is 1560. The first kappa shape index (κ1) is 24.0. The monoisotopic (exact) mass is 499 g/mol. The van der Waals surface area contributed by atoms with E-state index >= 15 is 0 Å². The van der Waals surface area contributed by atoms with E-state index in [0.29, 0.717) is 26.6 Å². The van der Waals surface area contributed by atoms with E-state index in [2.05, 4.69) is 32.7 Å². The van der Waals surface area contributed by atoms with Gasteiger partial charge in [0.2, 0.25) is 0 Å². The van der Waals surface area contributed by atoms with Gasteiger partial charge in [-0.25, -0.2) is 4.21 Å². The summed E-state index contributed by atoms with van der Waals surface area (Å²) in [5.74, 6) is 8.95. The summed E-state index contributed by atoms with van der Waals surface area (Å²) in [5.41, 5.74) is 2.98. The van der Waals surface area contributed by atoms with Crippen molar-refractivity contribution >= 4 is 44.4 Å². The minimum Gasteiger partial charge on any atom is -0.321 e. The Labute approximate surface area is 208 Å². The Morgan fingerprint density at radius 1 is 0.943 bits per heavy atom. The van der Waals surface area contributed by atoms with Crippen molar-refractivity contribution in [3.05, 3.63) is 112 Å². The van der Waals surface area contributed by atoms with Crippen LogP contribution in [-0.2, 0) is 9.71 Å². The molecule has 0 aliphatic rings. The molecule has 0 spiro atoms. The number of hydrogen-bond donors (Lipinski definition) is 2. The highest BCUT2D eigenvalue weighted by molar-refractivity contribution is 7.99. The van der Waals surface area contributed by atoms with Gasteiger partial charge in [-0.3, -0.25) is 19.3 Å². The molecule has 1 atom stereocenters. The average molecular weight is 500 g/mol. The molecular weight excluding hydrogens is 478 g/mol. The molecular formula is C27H21N3O3S2. The van der Waals surface area contributed by atoms with Crippen LogP contribution in [0.15, 0.2) is 89.4 Å². The number of carbonyl (C=O) groups is 2. The molecule has 0 radical (unpaired) electrons. The largest absolute Gasteiger partial charge is 0.321 e. The molecule has 0 saturated carbocycles. The van der Waals surface area contributed by atoms with Gasteiger partial charge in [0.15, 0.2) is 0 Å². The van der Waals surface area contributed by atoms with E-state index in [-0.39, 0.29) is 11.5 Å². The van der Waals surface area contributed by atoms with Crippen LogP contribution in [0, 0.1) is 18.8 Å². The highest BCUT2D eigenvalue weighted by Gasteiger charge is 2.14. The predicted octanol–water partition coefficient (Wildman–Crippen LogP) is 4.52. The smallest absolute Gasteiger partial charge is 0.265 e. The molecule has 2 amide bonds. The molecule has 2 N–H and O–H groups in total. The van der Waals surface area contributed by atoms with Crippen LogP contribution in [0.4, 0.5) is 5.69 Å². The summed E-state index contributed by atoms with van der Waals surface area (Å²) in [4.78, 5) is 30.3. The van der Waals surface area contributed by atoms with Crippen LogP contribution in [0.2, 0.25) is 0 Å². The Hall–Kier alpha value is -4.19. The molecule has 0 aliphatic heterocycles. The molecule has 0 fully saturated rings. The fourth-order valence-electron chi connectivity index (χ4n) is 3.15. The van der Waals surface area contributed by atoms with Crippen LogP contribution >= 0.6 is 11.3 Å². The molecule has 174 valence electrons. The van der Waals surface area contributed by atoms with E-state index in [1.807, 2.05) is 24.4 Å². The third-order valence-corrected chi connectivity index (χ3v) is 7.49. The number of rotatable bonds is 5. The lowest BCUT2D eigenvalue weighted by atomic mass is 10.1. The Kier molecular flexibility index (Phi) is 7.11. The molecule has 4 rings (SSSR count). The number of anilines is 1. The molecule has 6 nitrogen and oxygen atoms in total. The van der Waals surface area contributed by atoms with Crippen molar-refractivity contribution in [1.29, 1.82) is 0 Å². The maximum atomic E-state index is 12.8. The van der Waals surface area contributed by atoms with Crippen molar-refractivity contribution in [3.63, 3.8) is 0 Å². The summed E-state index contributed by atoms with van der Waals surface area (Å²) in [6.07, 6.45) is 2.91. The van der Waals surface area contributed by atoms with Crippen LogP contribution < -0.4 is 10.0 Å². The van der Waals surface area contributed by atoms with Gasteiger partial charge in [0, 0.05) is 34.1 Å². The van der Waals surface area contributed by atoms with Gasteiger partial charge in [-0.05, 0) is 66.2 Å². The molecule has 0 aliphatic carbocycles. The van der Waals surface area contributed by atoms with Crippen LogP contribution in [0.5, 0.6) is 0 Å². The molecule has 2 aromatic carbocycles. The molecule has 2 aromatic heterocycles. The predicted molar refractivity (Wildman–Crippen MR) is 141 cm³/mol. The van der Waals surface area contributed by atoms with Gasteiger partial charge >= 0.3 is 0 Å². The maximum absolute atomic E-state index is 12.8. The lowest BCUT2D eigenvalue weighted by Crippen LogP contribution is -2.30. The van der Waals surface area contributed by atoms with Gasteiger partial charge in [-0.1, -0.05) is 36.1 Å². The number of amides is 2. The number of benzene rings is 2. The number of hydrogen-bond acceptors (Lipinski definition) is 5. The highest BCUT2D eigenvalue weighted by Crippen LogP contribution is 2.18. The van der Waals surface area contributed by atoms with E-state index < -0.39 is 15.6 Å². The van der Waals surface area contributed by atoms with Gasteiger partial charge in [-0.2, -0.15) is 0 Å². The fourth-order valence-corrected chi connectivity index (χ4v) is 5.10. The molecule has 8 heteroatoms. The first-order valence-electron chi connectivity index (χ1n) is 10.5. The fraction of sp³-hybridized carbons (Fsp3) is 0.0370. The molecule has 0 bridgehead atoms. The SMILES string of the molecule is C=S(=O)(NC(=O)c1cncc(C#Cc2cccc(NC(=O)c3sccc3C)c2)c1)c1ccccc1. The van der Waals surface area contributed by atoms with E-state index in [1.165, 1.54) is 23.7 Å². The number of nitrogens with zero attached hydrogens (tertiary/aromatic N) is 1. The topological polar surface area (TPSA) is 88.2 Å². The summed E-state index contributed by atoms with van der Waals surface area (Å²) in [6, 6.07) is 19.2. The standard InChI is InChI=1S/C27H21N3O3S2/c1-19-13-14-34-25(19)27(32)29-23-8-6-7-20(16-23)11-12-21-15-22(18-28-17-21)26(31)30-35(2,33)24-9-4-3-5-10-24/h3-10,13-18H,2H2,1H3,(H,29,32)(H,30,31,33). The maximum Gasteiger partial charge on any atom is 0.265 e. The van der Waals surface area contributed by atoms with Gasteiger partial charge in [0.05, 0.1) is 20.1 Å². The number of aromatic nitrogens is 1. The summed E-state index contributed by atoms with van der Waals surface area (Å²) < 4.78 is 15.3. The zero-order valence-corrected chi connectivity index (χ0v) is 20.4. The number of aryl methyl sites for hydroxylation is 1. The Morgan fingerprint density at radius 3 is 2.46 bits per heavy atom. The molecule has 0 saturated heterocycles. The normalized spacial score (nSPS) is 12.0. The van der Waals surface area contributed by atoms with Crippen molar-refractivity contribution in [2.24, 2.45) is 0 Å².